The second-order valence-corrected chi connectivity index (χ2v) is 6.15. The zero-order valence-electron chi connectivity index (χ0n) is 11.2. The number of anilines is 1. The lowest BCUT2D eigenvalue weighted by Crippen LogP contribution is -2.50. The van der Waals surface area contributed by atoms with Gasteiger partial charge in [-0.05, 0) is 19.4 Å². The van der Waals surface area contributed by atoms with Gasteiger partial charge in [0.25, 0.3) is 0 Å². The number of nitrogens with zero attached hydrogens (tertiary/aromatic N) is 3. The summed E-state index contributed by atoms with van der Waals surface area (Å²) >= 11 is 1.49. The molecule has 2 fully saturated rings. The molecule has 6 heteroatoms. The van der Waals surface area contributed by atoms with Crippen LogP contribution in [0.3, 0.4) is 0 Å². The van der Waals surface area contributed by atoms with Crippen LogP contribution in [0.15, 0.2) is 0 Å². The van der Waals surface area contributed by atoms with E-state index in [0.29, 0.717) is 17.5 Å². The van der Waals surface area contributed by atoms with Crippen LogP contribution in [0.2, 0.25) is 0 Å². The smallest absolute Gasteiger partial charge is 0.186 e. The van der Waals surface area contributed by atoms with E-state index >= 15 is 0 Å². The molecule has 2 saturated heterocycles. The number of thiazole rings is 1. The molecule has 5 nitrogen and oxygen atoms in total. The van der Waals surface area contributed by atoms with E-state index < -0.39 is 0 Å². The SMILES string of the molecule is COCc1nc(N2CCN3CCCC3C2)sc1C=O. The summed E-state index contributed by atoms with van der Waals surface area (Å²) in [5.41, 5.74) is 0.770. The van der Waals surface area contributed by atoms with Crippen molar-refractivity contribution in [3.8, 4) is 0 Å². The molecule has 0 bridgehead atoms. The lowest BCUT2D eigenvalue weighted by Gasteiger charge is -2.37. The average Bonchev–Trinajstić information content (AvgIpc) is 3.04. The Hall–Kier alpha value is -0.980. The third-order valence-electron chi connectivity index (χ3n) is 3.96. The highest BCUT2D eigenvalue weighted by Gasteiger charge is 2.31. The number of aromatic nitrogens is 1. The van der Waals surface area contributed by atoms with E-state index in [4.69, 9.17) is 4.74 Å². The molecule has 0 N–H and O–H groups in total. The summed E-state index contributed by atoms with van der Waals surface area (Å²) in [7, 11) is 1.63. The summed E-state index contributed by atoms with van der Waals surface area (Å²) in [5, 5.41) is 0.973. The molecular formula is C13H19N3O2S. The lowest BCUT2D eigenvalue weighted by molar-refractivity contribution is 0.112. The van der Waals surface area contributed by atoms with E-state index in [9.17, 15) is 4.79 Å². The molecule has 1 aromatic heterocycles. The van der Waals surface area contributed by atoms with Crippen molar-refractivity contribution in [2.75, 3.05) is 38.2 Å². The van der Waals surface area contributed by atoms with Crippen LogP contribution in [0, 0.1) is 0 Å². The number of carbonyl (C=O) groups excluding carboxylic acids is 1. The van der Waals surface area contributed by atoms with Crippen molar-refractivity contribution in [3.63, 3.8) is 0 Å². The number of ether oxygens (including phenoxy) is 1. The van der Waals surface area contributed by atoms with Gasteiger partial charge in [0.2, 0.25) is 0 Å². The fraction of sp³-hybridized carbons (Fsp3) is 0.692. The van der Waals surface area contributed by atoms with Crippen LogP contribution in [-0.4, -0.2) is 55.5 Å². The standard InChI is InChI=1S/C13H19N3O2S/c1-18-9-11-12(8-17)19-13(14-11)16-6-5-15-4-2-3-10(15)7-16/h8,10H,2-7,9H2,1H3. The molecule has 0 amide bonds. The Morgan fingerprint density at radius 2 is 2.37 bits per heavy atom. The van der Waals surface area contributed by atoms with Gasteiger partial charge in [-0.15, -0.1) is 0 Å². The molecule has 0 saturated carbocycles. The van der Waals surface area contributed by atoms with Crippen molar-refractivity contribution in [2.24, 2.45) is 0 Å². The zero-order valence-corrected chi connectivity index (χ0v) is 12.0. The molecule has 0 aromatic carbocycles. The Morgan fingerprint density at radius 1 is 1.47 bits per heavy atom. The van der Waals surface area contributed by atoms with Crippen LogP contribution in [0.5, 0.6) is 0 Å². The van der Waals surface area contributed by atoms with Crippen LogP contribution < -0.4 is 4.90 Å². The summed E-state index contributed by atoms with van der Waals surface area (Å²) in [6.45, 7) is 4.81. The van der Waals surface area contributed by atoms with E-state index in [2.05, 4.69) is 14.8 Å². The Kier molecular flexibility index (Phi) is 3.81. The Labute approximate surface area is 117 Å². The van der Waals surface area contributed by atoms with Crippen LogP contribution in [0.4, 0.5) is 5.13 Å². The van der Waals surface area contributed by atoms with Crippen molar-refractivity contribution in [1.82, 2.24) is 9.88 Å². The fourth-order valence-electron chi connectivity index (χ4n) is 2.98. The maximum atomic E-state index is 11.1. The van der Waals surface area contributed by atoms with Crippen molar-refractivity contribution >= 4 is 22.8 Å². The molecule has 0 radical (unpaired) electrons. The quantitative estimate of drug-likeness (QED) is 0.780. The van der Waals surface area contributed by atoms with Gasteiger partial charge < -0.3 is 9.64 Å². The number of fused-ring (bicyclic) bond motifs is 1. The zero-order chi connectivity index (χ0) is 13.2. The fourth-order valence-corrected chi connectivity index (χ4v) is 3.90. The van der Waals surface area contributed by atoms with Crippen LogP contribution in [-0.2, 0) is 11.3 Å². The minimum atomic E-state index is 0.411. The topological polar surface area (TPSA) is 45.7 Å². The van der Waals surface area contributed by atoms with E-state index in [-0.39, 0.29) is 0 Å². The first-order valence-electron chi connectivity index (χ1n) is 6.74. The molecule has 0 spiro atoms. The highest BCUT2D eigenvalue weighted by atomic mass is 32.1. The maximum Gasteiger partial charge on any atom is 0.186 e. The van der Waals surface area contributed by atoms with E-state index in [1.54, 1.807) is 7.11 Å². The summed E-state index contributed by atoms with van der Waals surface area (Å²) in [6.07, 6.45) is 3.49. The Balaban J connectivity index is 1.76. The average molecular weight is 281 g/mol. The highest BCUT2D eigenvalue weighted by molar-refractivity contribution is 7.17. The number of hydrogen-bond donors (Lipinski definition) is 0. The van der Waals surface area contributed by atoms with E-state index in [1.165, 1.54) is 30.7 Å². The first kappa shape index (κ1) is 13.0. The van der Waals surface area contributed by atoms with E-state index in [0.717, 1.165) is 36.7 Å². The molecular weight excluding hydrogens is 262 g/mol. The van der Waals surface area contributed by atoms with Crippen LogP contribution >= 0.6 is 11.3 Å². The molecule has 19 heavy (non-hydrogen) atoms. The first-order valence-corrected chi connectivity index (χ1v) is 7.56. The van der Waals surface area contributed by atoms with Crippen LogP contribution in [0.25, 0.3) is 0 Å². The van der Waals surface area contributed by atoms with Gasteiger partial charge in [-0.2, -0.15) is 0 Å². The summed E-state index contributed by atoms with van der Waals surface area (Å²) in [4.78, 5) is 21.2. The van der Waals surface area contributed by atoms with Gasteiger partial charge in [-0.3, -0.25) is 9.69 Å². The van der Waals surface area contributed by atoms with Crippen LogP contribution in [0.1, 0.15) is 28.2 Å². The predicted molar refractivity (Wildman–Crippen MR) is 75.0 cm³/mol. The molecule has 1 unspecified atom stereocenters. The van der Waals surface area contributed by atoms with Gasteiger partial charge in [0.05, 0.1) is 17.2 Å². The minimum Gasteiger partial charge on any atom is -0.378 e. The number of piperazine rings is 1. The highest BCUT2D eigenvalue weighted by Crippen LogP contribution is 2.30. The third kappa shape index (κ3) is 2.52. The molecule has 1 aromatic rings. The van der Waals surface area contributed by atoms with Gasteiger partial charge in [-0.1, -0.05) is 11.3 Å². The normalized spacial score (nSPS) is 23.6. The third-order valence-corrected chi connectivity index (χ3v) is 5.05. The minimum absolute atomic E-state index is 0.411. The van der Waals surface area contributed by atoms with Crippen molar-refractivity contribution in [2.45, 2.75) is 25.5 Å². The van der Waals surface area contributed by atoms with Crippen molar-refractivity contribution in [1.29, 1.82) is 0 Å². The largest absolute Gasteiger partial charge is 0.378 e. The maximum absolute atomic E-state index is 11.1. The molecule has 2 aliphatic heterocycles. The molecule has 0 aliphatic carbocycles. The monoisotopic (exact) mass is 281 g/mol. The number of methoxy groups -OCH3 is 1. The van der Waals surface area contributed by atoms with Crippen molar-refractivity contribution < 1.29 is 9.53 Å². The van der Waals surface area contributed by atoms with Gasteiger partial charge >= 0.3 is 0 Å². The Bertz CT molecular complexity index is 463. The molecule has 104 valence electrons. The van der Waals surface area contributed by atoms with E-state index in [1.807, 2.05) is 0 Å². The summed E-state index contributed by atoms with van der Waals surface area (Å²) in [5.74, 6) is 0. The summed E-state index contributed by atoms with van der Waals surface area (Å²) in [6, 6.07) is 0.670. The van der Waals surface area contributed by atoms with Gasteiger partial charge in [0.1, 0.15) is 0 Å². The number of aldehydes is 1. The number of rotatable bonds is 4. The predicted octanol–water partition coefficient (Wildman–Crippen LogP) is 1.39. The molecule has 1 atom stereocenters. The summed E-state index contributed by atoms with van der Waals surface area (Å²) < 4.78 is 5.10. The second-order valence-electron chi connectivity index (χ2n) is 5.14. The van der Waals surface area contributed by atoms with Gasteiger partial charge in [0, 0.05) is 32.8 Å². The van der Waals surface area contributed by atoms with Crippen molar-refractivity contribution in [3.05, 3.63) is 10.6 Å². The molecule has 3 heterocycles. The van der Waals surface area contributed by atoms with Gasteiger partial charge in [0.15, 0.2) is 11.4 Å². The Morgan fingerprint density at radius 3 is 3.16 bits per heavy atom. The number of hydrogen-bond acceptors (Lipinski definition) is 6. The number of carbonyl (C=O) groups is 1. The second kappa shape index (κ2) is 5.56. The first-order chi connectivity index (χ1) is 9.31. The molecule has 3 rings (SSSR count). The molecule has 2 aliphatic rings. The van der Waals surface area contributed by atoms with Gasteiger partial charge in [-0.25, -0.2) is 4.98 Å². The lowest BCUT2D eigenvalue weighted by atomic mass is 10.2.